The lowest BCUT2D eigenvalue weighted by Crippen LogP contribution is -2.51. The van der Waals surface area contributed by atoms with Crippen LogP contribution in [0.5, 0.6) is 0 Å². The molecule has 2 aromatic rings. The van der Waals surface area contributed by atoms with Crippen LogP contribution in [0.1, 0.15) is 9.67 Å². The van der Waals surface area contributed by atoms with Crippen molar-refractivity contribution in [3.63, 3.8) is 0 Å². The van der Waals surface area contributed by atoms with Crippen molar-refractivity contribution >= 4 is 46.1 Å². The van der Waals surface area contributed by atoms with Gasteiger partial charge in [0.1, 0.15) is 0 Å². The van der Waals surface area contributed by atoms with Gasteiger partial charge in [0.05, 0.1) is 36.0 Å². The second-order valence-electron chi connectivity index (χ2n) is 7.26. The lowest BCUT2D eigenvalue weighted by atomic mass is 10.2. The van der Waals surface area contributed by atoms with Crippen molar-refractivity contribution in [2.24, 2.45) is 0 Å². The molecule has 7 nitrogen and oxygen atoms in total. The van der Waals surface area contributed by atoms with Gasteiger partial charge >= 0.3 is 0 Å². The van der Waals surface area contributed by atoms with E-state index in [0.29, 0.717) is 44.4 Å². The second kappa shape index (κ2) is 9.68. The van der Waals surface area contributed by atoms with E-state index in [9.17, 15) is 9.59 Å². The number of thiophene rings is 1. The standard InChI is InChI=1S/C21H25ClN4O3S/c22-16-3-4-18(24-9-11-29-12-10-24)17(14-16)23-15-20(27)25-5-7-26(8-6-25)21(28)19-2-1-13-30-19/h1-4,13-14,23H,5-12,15H2. The molecule has 9 heteroatoms. The molecule has 2 saturated heterocycles. The maximum Gasteiger partial charge on any atom is 0.264 e. The van der Waals surface area contributed by atoms with Crippen LogP contribution in [0.4, 0.5) is 11.4 Å². The highest BCUT2D eigenvalue weighted by Crippen LogP contribution is 2.29. The monoisotopic (exact) mass is 448 g/mol. The smallest absolute Gasteiger partial charge is 0.264 e. The first-order valence-electron chi connectivity index (χ1n) is 10.1. The maximum atomic E-state index is 12.7. The number of anilines is 2. The van der Waals surface area contributed by atoms with Gasteiger partial charge in [0.2, 0.25) is 5.91 Å². The Morgan fingerprint density at radius 3 is 2.47 bits per heavy atom. The third-order valence-electron chi connectivity index (χ3n) is 5.39. The van der Waals surface area contributed by atoms with Crippen molar-refractivity contribution in [2.45, 2.75) is 0 Å². The average Bonchev–Trinajstić information content (AvgIpc) is 3.33. The lowest BCUT2D eigenvalue weighted by Gasteiger charge is -2.35. The summed E-state index contributed by atoms with van der Waals surface area (Å²) in [7, 11) is 0. The number of carbonyl (C=O) groups excluding carboxylic acids is 2. The molecule has 2 amide bonds. The number of amides is 2. The normalized spacial score (nSPS) is 17.2. The van der Waals surface area contributed by atoms with E-state index in [0.717, 1.165) is 29.3 Å². The van der Waals surface area contributed by atoms with Crippen LogP contribution in [0.3, 0.4) is 0 Å². The Balaban J connectivity index is 1.32. The maximum absolute atomic E-state index is 12.7. The fourth-order valence-corrected chi connectivity index (χ4v) is 4.59. The summed E-state index contributed by atoms with van der Waals surface area (Å²) in [6.07, 6.45) is 0. The van der Waals surface area contributed by atoms with Crippen molar-refractivity contribution < 1.29 is 14.3 Å². The van der Waals surface area contributed by atoms with Gasteiger partial charge in [-0.3, -0.25) is 9.59 Å². The molecule has 0 spiro atoms. The number of carbonyl (C=O) groups is 2. The van der Waals surface area contributed by atoms with Crippen molar-refractivity contribution in [1.29, 1.82) is 0 Å². The Morgan fingerprint density at radius 1 is 1.03 bits per heavy atom. The minimum absolute atomic E-state index is 0.0196. The number of rotatable bonds is 5. The van der Waals surface area contributed by atoms with E-state index >= 15 is 0 Å². The molecule has 3 heterocycles. The van der Waals surface area contributed by atoms with Crippen molar-refractivity contribution in [1.82, 2.24) is 9.80 Å². The summed E-state index contributed by atoms with van der Waals surface area (Å²) in [5.41, 5.74) is 1.88. The number of ether oxygens (including phenoxy) is 1. The molecule has 1 aromatic heterocycles. The van der Waals surface area contributed by atoms with Gasteiger partial charge in [-0.25, -0.2) is 0 Å². The molecule has 2 aliphatic heterocycles. The number of piperazine rings is 1. The van der Waals surface area contributed by atoms with E-state index < -0.39 is 0 Å². The third kappa shape index (κ3) is 4.88. The highest BCUT2D eigenvalue weighted by Gasteiger charge is 2.25. The Kier molecular flexibility index (Phi) is 6.76. The third-order valence-corrected chi connectivity index (χ3v) is 6.48. The van der Waals surface area contributed by atoms with Crippen molar-refractivity contribution in [3.05, 3.63) is 45.6 Å². The largest absolute Gasteiger partial charge is 0.378 e. The Hall–Kier alpha value is -2.29. The summed E-state index contributed by atoms with van der Waals surface area (Å²) < 4.78 is 5.44. The molecule has 0 aliphatic carbocycles. The van der Waals surface area contributed by atoms with E-state index in [1.807, 2.05) is 45.5 Å². The van der Waals surface area contributed by atoms with E-state index in [1.165, 1.54) is 11.3 Å². The number of halogens is 1. The van der Waals surface area contributed by atoms with Gasteiger partial charge in [0, 0.05) is 44.3 Å². The SMILES string of the molecule is O=C(CNc1cc(Cl)ccc1N1CCOCC1)N1CCN(C(=O)c2cccs2)CC1. The topological polar surface area (TPSA) is 65.1 Å². The summed E-state index contributed by atoms with van der Waals surface area (Å²) in [5.74, 6) is 0.0652. The predicted molar refractivity (Wildman–Crippen MR) is 120 cm³/mol. The molecule has 0 unspecified atom stereocenters. The molecular formula is C21H25ClN4O3S. The molecule has 4 rings (SSSR count). The van der Waals surface area contributed by atoms with E-state index in [4.69, 9.17) is 16.3 Å². The van der Waals surface area contributed by atoms with Crippen LogP contribution in [-0.2, 0) is 9.53 Å². The van der Waals surface area contributed by atoms with Crippen LogP contribution >= 0.6 is 22.9 Å². The van der Waals surface area contributed by atoms with Crippen molar-refractivity contribution in [2.75, 3.05) is 69.2 Å². The fraction of sp³-hybridized carbons (Fsp3) is 0.429. The number of nitrogens with zero attached hydrogens (tertiary/aromatic N) is 3. The summed E-state index contributed by atoms with van der Waals surface area (Å²) in [5, 5.41) is 5.80. The van der Waals surface area contributed by atoms with Crippen LogP contribution in [0, 0.1) is 0 Å². The van der Waals surface area contributed by atoms with Gasteiger partial charge in [-0.2, -0.15) is 0 Å². The van der Waals surface area contributed by atoms with Crippen LogP contribution < -0.4 is 10.2 Å². The molecule has 2 fully saturated rings. The number of morpholine rings is 1. The van der Waals surface area contributed by atoms with Gasteiger partial charge in [0.25, 0.3) is 5.91 Å². The zero-order chi connectivity index (χ0) is 20.9. The number of nitrogens with one attached hydrogen (secondary N) is 1. The van der Waals surface area contributed by atoms with Gasteiger partial charge in [0.15, 0.2) is 0 Å². The van der Waals surface area contributed by atoms with Crippen LogP contribution in [0.15, 0.2) is 35.7 Å². The van der Waals surface area contributed by atoms with Gasteiger partial charge in [-0.1, -0.05) is 17.7 Å². The summed E-state index contributed by atoms with van der Waals surface area (Å²) in [6.45, 7) is 5.39. The molecule has 1 N–H and O–H groups in total. The highest BCUT2D eigenvalue weighted by atomic mass is 35.5. The van der Waals surface area contributed by atoms with Crippen LogP contribution in [0.25, 0.3) is 0 Å². The summed E-state index contributed by atoms with van der Waals surface area (Å²) in [6, 6.07) is 9.42. The Labute approximate surface area is 185 Å². The predicted octanol–water partition coefficient (Wildman–Crippen LogP) is 2.63. The second-order valence-corrected chi connectivity index (χ2v) is 8.65. The van der Waals surface area contributed by atoms with E-state index in [2.05, 4.69) is 10.2 Å². The Morgan fingerprint density at radius 2 is 1.77 bits per heavy atom. The minimum atomic E-state index is 0.0196. The first-order chi connectivity index (χ1) is 14.6. The number of benzene rings is 1. The lowest BCUT2D eigenvalue weighted by molar-refractivity contribution is -0.130. The first kappa shape index (κ1) is 21.0. The molecule has 30 heavy (non-hydrogen) atoms. The van der Waals surface area contributed by atoms with Crippen molar-refractivity contribution in [3.8, 4) is 0 Å². The van der Waals surface area contributed by atoms with E-state index in [1.54, 1.807) is 0 Å². The van der Waals surface area contributed by atoms with E-state index in [-0.39, 0.29) is 18.4 Å². The zero-order valence-electron chi connectivity index (χ0n) is 16.7. The summed E-state index contributed by atoms with van der Waals surface area (Å²) >= 11 is 7.64. The molecule has 160 valence electrons. The zero-order valence-corrected chi connectivity index (χ0v) is 18.3. The highest BCUT2D eigenvalue weighted by molar-refractivity contribution is 7.12. The Bertz CT molecular complexity index is 878. The molecule has 0 radical (unpaired) electrons. The first-order valence-corrected chi connectivity index (χ1v) is 11.3. The average molecular weight is 449 g/mol. The number of hydrogen-bond acceptors (Lipinski definition) is 6. The van der Waals surface area contributed by atoms with Crippen LogP contribution in [0.2, 0.25) is 5.02 Å². The molecule has 2 aliphatic rings. The fourth-order valence-electron chi connectivity index (χ4n) is 3.73. The van der Waals surface area contributed by atoms with Gasteiger partial charge < -0.3 is 24.8 Å². The molecule has 0 atom stereocenters. The molecule has 0 bridgehead atoms. The number of hydrogen-bond donors (Lipinski definition) is 1. The van der Waals surface area contributed by atoms with Crippen LogP contribution in [-0.4, -0.2) is 80.6 Å². The molecule has 1 aromatic carbocycles. The molecule has 0 saturated carbocycles. The van der Waals surface area contributed by atoms with Gasteiger partial charge in [-0.05, 0) is 29.6 Å². The molecular weight excluding hydrogens is 424 g/mol. The minimum Gasteiger partial charge on any atom is -0.378 e. The van der Waals surface area contributed by atoms with Gasteiger partial charge in [-0.15, -0.1) is 11.3 Å². The quantitative estimate of drug-likeness (QED) is 0.761. The summed E-state index contributed by atoms with van der Waals surface area (Å²) in [4.78, 5) is 31.8.